The summed E-state index contributed by atoms with van der Waals surface area (Å²) in [7, 11) is 0. The van der Waals surface area contributed by atoms with E-state index in [4.69, 9.17) is 27.9 Å². The molecule has 1 N–H and O–H groups in total. The average Bonchev–Trinajstić information content (AvgIpc) is 3.65. The minimum absolute atomic E-state index is 0.0249. The Balaban J connectivity index is 1.31. The highest BCUT2D eigenvalue weighted by molar-refractivity contribution is 8.00. The van der Waals surface area contributed by atoms with Crippen LogP contribution in [0, 0.1) is 6.92 Å². The minimum Gasteiger partial charge on any atom is -0.507 e. The third-order valence-corrected chi connectivity index (χ3v) is 10.6. The van der Waals surface area contributed by atoms with Crippen LogP contribution in [0.2, 0.25) is 10.0 Å². The molecule has 1 amide bonds. The average molecular weight is 717 g/mol. The summed E-state index contributed by atoms with van der Waals surface area (Å²) >= 11 is 15.0. The molecule has 4 aromatic carbocycles. The van der Waals surface area contributed by atoms with E-state index in [1.54, 1.807) is 36.4 Å². The van der Waals surface area contributed by atoms with Crippen molar-refractivity contribution < 1.29 is 19.4 Å². The molecule has 7 nitrogen and oxygen atoms in total. The number of Topliss-reactive ketones (excluding diaryl/α,β-unsaturated/α-hetero) is 1. The Morgan fingerprint density at radius 1 is 0.979 bits per heavy atom. The van der Waals surface area contributed by atoms with Crippen molar-refractivity contribution in [3.8, 4) is 5.75 Å². The van der Waals surface area contributed by atoms with Crippen LogP contribution >= 0.6 is 46.3 Å². The number of carbonyl (C=O) groups is 2. The SMILES string of the molecule is Cc1cccc(COc2ccc(/C(O)=C3\C(=O)C(=O)N(c4nnc(SCc5ccc(Cl)cc5Cl)s4)C3c3ccc(C(C)C)cc3)cc2)c1. The Morgan fingerprint density at radius 3 is 2.42 bits per heavy atom. The van der Waals surface area contributed by atoms with Gasteiger partial charge in [-0.05, 0) is 71.5 Å². The molecule has 5 aromatic rings. The van der Waals surface area contributed by atoms with E-state index in [0.717, 1.165) is 22.3 Å². The van der Waals surface area contributed by atoms with Gasteiger partial charge in [0.15, 0.2) is 4.34 Å². The first kappa shape index (κ1) is 33.7. The number of hydrogen-bond donors (Lipinski definition) is 1. The van der Waals surface area contributed by atoms with E-state index in [1.165, 1.54) is 28.0 Å². The number of thioether (sulfide) groups is 1. The maximum atomic E-state index is 13.7. The van der Waals surface area contributed by atoms with Gasteiger partial charge < -0.3 is 9.84 Å². The number of amides is 1. The maximum absolute atomic E-state index is 13.7. The highest BCUT2D eigenvalue weighted by atomic mass is 35.5. The summed E-state index contributed by atoms with van der Waals surface area (Å²) in [5.74, 6) is -0.477. The van der Waals surface area contributed by atoms with Crippen molar-refractivity contribution in [2.75, 3.05) is 4.90 Å². The molecule has 0 bridgehead atoms. The lowest BCUT2D eigenvalue weighted by atomic mass is 9.93. The molecular formula is C37H31Cl2N3O4S2. The predicted molar refractivity (Wildman–Crippen MR) is 193 cm³/mol. The predicted octanol–water partition coefficient (Wildman–Crippen LogP) is 9.77. The molecule has 1 fully saturated rings. The highest BCUT2D eigenvalue weighted by Gasteiger charge is 2.48. The van der Waals surface area contributed by atoms with E-state index < -0.39 is 17.7 Å². The molecule has 1 unspecified atom stereocenters. The Morgan fingerprint density at radius 2 is 1.73 bits per heavy atom. The summed E-state index contributed by atoms with van der Waals surface area (Å²) in [4.78, 5) is 28.7. The number of nitrogens with zero attached hydrogens (tertiary/aromatic N) is 3. The molecule has 0 radical (unpaired) electrons. The standard InChI is InChI=1S/C37H31Cl2N3O4S2/c1-21(2)24-7-9-25(10-8-24)32-31(33(43)26-12-15-29(16-13-26)46-19-23-6-4-5-22(3)17-23)34(44)35(45)42(32)36-40-41-37(48-36)47-20-27-11-14-28(38)18-30(27)39/h4-18,21,32,43H,19-20H2,1-3H3/b33-31+. The van der Waals surface area contributed by atoms with Crippen LogP contribution in [0.3, 0.4) is 0 Å². The quantitative estimate of drug-likeness (QED) is 0.0506. The molecule has 0 spiro atoms. The molecule has 1 atom stereocenters. The number of rotatable bonds is 10. The summed E-state index contributed by atoms with van der Waals surface area (Å²) in [6.07, 6.45) is 0. The molecule has 1 aromatic heterocycles. The molecule has 1 aliphatic rings. The molecule has 0 aliphatic carbocycles. The van der Waals surface area contributed by atoms with Crippen molar-refractivity contribution in [2.24, 2.45) is 0 Å². The second-order valence-electron chi connectivity index (χ2n) is 11.7. The fraction of sp³-hybridized carbons (Fsp3) is 0.189. The third-order valence-electron chi connectivity index (χ3n) is 7.95. The fourth-order valence-corrected chi connectivity index (χ4v) is 7.80. The molecule has 11 heteroatoms. The summed E-state index contributed by atoms with van der Waals surface area (Å²) in [6, 6.07) is 27.0. The normalized spacial score (nSPS) is 15.8. The first-order valence-electron chi connectivity index (χ1n) is 15.2. The smallest absolute Gasteiger partial charge is 0.301 e. The fourth-order valence-electron chi connectivity index (χ4n) is 5.38. The van der Waals surface area contributed by atoms with E-state index >= 15 is 0 Å². The molecule has 1 aliphatic heterocycles. The van der Waals surface area contributed by atoms with Gasteiger partial charge in [-0.15, -0.1) is 10.2 Å². The number of benzene rings is 4. The number of aliphatic hydroxyl groups excluding tert-OH is 1. The minimum atomic E-state index is -0.917. The van der Waals surface area contributed by atoms with Crippen LogP contribution in [0.5, 0.6) is 5.75 Å². The lowest BCUT2D eigenvalue weighted by Gasteiger charge is -2.23. The highest BCUT2D eigenvalue weighted by Crippen LogP contribution is 2.44. The van der Waals surface area contributed by atoms with Crippen LogP contribution in [0.1, 0.15) is 59.2 Å². The van der Waals surface area contributed by atoms with Gasteiger partial charge in [-0.1, -0.05) is 120 Å². The number of aliphatic hydroxyl groups is 1. The monoisotopic (exact) mass is 715 g/mol. The Labute approximate surface area is 297 Å². The van der Waals surface area contributed by atoms with Gasteiger partial charge in [-0.3, -0.25) is 14.5 Å². The van der Waals surface area contributed by atoms with Gasteiger partial charge in [0.1, 0.15) is 18.1 Å². The Bertz CT molecular complexity index is 2010. The number of carbonyl (C=O) groups excluding carboxylic acids is 2. The summed E-state index contributed by atoms with van der Waals surface area (Å²) in [5.41, 5.74) is 5.18. The molecule has 6 rings (SSSR count). The van der Waals surface area contributed by atoms with Gasteiger partial charge in [0.25, 0.3) is 5.78 Å². The Hall–Kier alpha value is -4.15. The number of ether oxygens (including phenoxy) is 1. The summed E-state index contributed by atoms with van der Waals surface area (Å²) in [6.45, 7) is 6.60. The first-order valence-corrected chi connectivity index (χ1v) is 17.7. The van der Waals surface area contributed by atoms with Crippen molar-refractivity contribution in [3.05, 3.63) is 140 Å². The zero-order chi connectivity index (χ0) is 33.9. The van der Waals surface area contributed by atoms with Crippen molar-refractivity contribution >= 4 is 68.9 Å². The van der Waals surface area contributed by atoms with E-state index in [-0.39, 0.29) is 22.4 Å². The van der Waals surface area contributed by atoms with Crippen molar-refractivity contribution in [2.45, 2.75) is 49.4 Å². The molecule has 1 saturated heterocycles. The molecule has 244 valence electrons. The van der Waals surface area contributed by atoms with Gasteiger partial charge >= 0.3 is 5.91 Å². The molecule has 0 saturated carbocycles. The largest absolute Gasteiger partial charge is 0.507 e. The van der Waals surface area contributed by atoms with Gasteiger partial charge in [0.05, 0.1) is 11.6 Å². The number of aryl methyl sites for hydroxylation is 1. The van der Waals surface area contributed by atoms with Crippen LogP contribution < -0.4 is 9.64 Å². The van der Waals surface area contributed by atoms with Crippen LogP contribution in [0.25, 0.3) is 5.76 Å². The summed E-state index contributed by atoms with van der Waals surface area (Å²) in [5, 5.41) is 21.6. The molecule has 48 heavy (non-hydrogen) atoms. The zero-order valence-electron chi connectivity index (χ0n) is 26.3. The van der Waals surface area contributed by atoms with E-state index in [1.807, 2.05) is 55.5 Å². The lowest BCUT2D eigenvalue weighted by molar-refractivity contribution is -0.132. The topological polar surface area (TPSA) is 92.6 Å². The molecular weight excluding hydrogens is 685 g/mol. The van der Waals surface area contributed by atoms with Gasteiger partial charge in [-0.2, -0.15) is 0 Å². The lowest BCUT2D eigenvalue weighted by Crippen LogP contribution is -2.29. The van der Waals surface area contributed by atoms with Gasteiger partial charge in [-0.25, -0.2) is 0 Å². The van der Waals surface area contributed by atoms with Crippen LogP contribution in [-0.4, -0.2) is 27.0 Å². The van der Waals surface area contributed by atoms with Crippen molar-refractivity contribution in [1.82, 2.24) is 10.2 Å². The summed E-state index contributed by atoms with van der Waals surface area (Å²) < 4.78 is 6.54. The number of anilines is 1. The number of aromatic nitrogens is 2. The Kier molecular flexibility index (Phi) is 10.2. The maximum Gasteiger partial charge on any atom is 0.301 e. The molecule has 2 heterocycles. The second-order valence-corrected chi connectivity index (χ2v) is 14.7. The van der Waals surface area contributed by atoms with Gasteiger partial charge in [0.2, 0.25) is 5.13 Å². The van der Waals surface area contributed by atoms with Crippen LogP contribution in [0.15, 0.2) is 101 Å². The van der Waals surface area contributed by atoms with Crippen LogP contribution in [0.4, 0.5) is 5.13 Å². The number of halogens is 2. The first-order chi connectivity index (χ1) is 23.1. The number of ketones is 1. The van der Waals surface area contributed by atoms with Crippen LogP contribution in [-0.2, 0) is 21.9 Å². The van der Waals surface area contributed by atoms with Gasteiger partial charge in [0, 0.05) is 21.4 Å². The number of hydrogen-bond acceptors (Lipinski definition) is 8. The van der Waals surface area contributed by atoms with Crippen molar-refractivity contribution in [3.63, 3.8) is 0 Å². The van der Waals surface area contributed by atoms with Crippen molar-refractivity contribution in [1.29, 1.82) is 0 Å². The van der Waals surface area contributed by atoms with E-state index in [9.17, 15) is 14.7 Å². The van der Waals surface area contributed by atoms with E-state index in [0.29, 0.717) is 43.6 Å². The second kappa shape index (κ2) is 14.5. The zero-order valence-corrected chi connectivity index (χ0v) is 29.5. The van der Waals surface area contributed by atoms with E-state index in [2.05, 4.69) is 30.1 Å². The third kappa shape index (κ3) is 7.29.